The lowest BCUT2D eigenvalue weighted by Gasteiger charge is -2.32. The lowest BCUT2D eigenvalue weighted by atomic mass is 9.96. The van der Waals surface area contributed by atoms with Crippen molar-refractivity contribution in [1.82, 2.24) is 15.5 Å². The number of anilines is 1. The zero-order valence-corrected chi connectivity index (χ0v) is 21.8. The predicted molar refractivity (Wildman–Crippen MR) is 146 cm³/mol. The number of para-hydroxylation sites is 1. The first kappa shape index (κ1) is 28.8. The lowest BCUT2D eigenvalue weighted by molar-refractivity contribution is -0.137. The topological polar surface area (TPSA) is 90.5 Å². The quantitative estimate of drug-likeness (QED) is 0.359. The fourth-order valence-electron chi connectivity index (χ4n) is 4.51. The second-order valence-electron chi connectivity index (χ2n) is 9.80. The van der Waals surface area contributed by atoms with Crippen LogP contribution in [0.15, 0.2) is 78.9 Å². The molecule has 0 aliphatic carbocycles. The first-order chi connectivity index (χ1) is 19.2. The van der Waals surface area contributed by atoms with Crippen LogP contribution in [-0.2, 0) is 17.5 Å². The van der Waals surface area contributed by atoms with Crippen molar-refractivity contribution in [1.29, 1.82) is 0 Å². The molecule has 10 heteroatoms. The van der Waals surface area contributed by atoms with Gasteiger partial charge >= 0.3 is 6.18 Å². The Morgan fingerprint density at radius 3 is 2.17 bits per heavy atom. The van der Waals surface area contributed by atoms with Crippen molar-refractivity contribution in [3.05, 3.63) is 101 Å². The van der Waals surface area contributed by atoms with E-state index in [4.69, 9.17) is 0 Å². The molecule has 1 heterocycles. The first-order valence-corrected chi connectivity index (χ1v) is 13.1. The van der Waals surface area contributed by atoms with E-state index in [0.29, 0.717) is 18.0 Å². The average Bonchev–Trinajstić information content (AvgIpc) is 2.96. The van der Waals surface area contributed by atoms with Crippen molar-refractivity contribution in [3.8, 4) is 0 Å². The summed E-state index contributed by atoms with van der Waals surface area (Å²) in [5.74, 6) is -0.988. The number of hydrogen-bond donors (Lipinski definition) is 3. The Bertz CT molecular complexity index is 1310. The van der Waals surface area contributed by atoms with E-state index >= 15 is 0 Å². The summed E-state index contributed by atoms with van der Waals surface area (Å²) >= 11 is 0. The number of hydrogen-bond acceptors (Lipinski definition) is 4. The van der Waals surface area contributed by atoms with E-state index in [1.54, 1.807) is 0 Å². The highest BCUT2D eigenvalue weighted by molar-refractivity contribution is 6.04. The van der Waals surface area contributed by atoms with E-state index in [1.807, 2.05) is 54.6 Å². The summed E-state index contributed by atoms with van der Waals surface area (Å²) in [5, 5.41) is 8.05. The molecule has 7 nitrogen and oxygen atoms in total. The molecule has 0 saturated carbocycles. The van der Waals surface area contributed by atoms with Gasteiger partial charge in [-0.3, -0.25) is 19.3 Å². The van der Waals surface area contributed by atoms with Gasteiger partial charge in [0.2, 0.25) is 5.91 Å². The number of nitrogens with zero attached hydrogens (tertiary/aromatic N) is 1. The first-order valence-electron chi connectivity index (χ1n) is 13.1. The van der Waals surface area contributed by atoms with Gasteiger partial charge in [-0.15, -0.1) is 0 Å². The second-order valence-corrected chi connectivity index (χ2v) is 9.80. The molecule has 3 N–H and O–H groups in total. The van der Waals surface area contributed by atoms with Crippen LogP contribution in [0.1, 0.15) is 44.7 Å². The van der Waals surface area contributed by atoms with E-state index in [-0.39, 0.29) is 23.9 Å². The van der Waals surface area contributed by atoms with Gasteiger partial charge in [0.1, 0.15) is 0 Å². The van der Waals surface area contributed by atoms with Crippen molar-refractivity contribution in [2.75, 3.05) is 31.5 Å². The molecule has 1 aliphatic rings. The summed E-state index contributed by atoms with van der Waals surface area (Å²) in [6.45, 7) is 2.65. The molecule has 1 fully saturated rings. The molecule has 3 aromatic carbocycles. The number of carbonyl (C=O) groups excluding carboxylic acids is 3. The maximum Gasteiger partial charge on any atom is 0.416 e. The van der Waals surface area contributed by atoms with E-state index in [0.717, 1.165) is 61.9 Å². The standard InChI is InChI=1S/C30H31F3N4O3/c31-30(32,33)25-6-4-5-24(17-25)28(39)35-19-27(38)34-18-21-13-15-37(16-14-21)20-22-9-11-23(12-10-22)29(40)36-26-7-2-1-3-8-26/h1-12,17,21H,13-16,18-20H2,(H,34,38)(H,35,39)(H,36,40). The van der Waals surface area contributed by atoms with Crippen LogP contribution in [0.25, 0.3) is 0 Å². The smallest absolute Gasteiger partial charge is 0.354 e. The number of carbonyl (C=O) groups is 3. The minimum Gasteiger partial charge on any atom is -0.354 e. The Morgan fingerprint density at radius 1 is 0.800 bits per heavy atom. The molecule has 210 valence electrons. The Hall–Kier alpha value is -4.18. The normalized spacial score (nSPS) is 14.4. The van der Waals surface area contributed by atoms with Crippen LogP contribution in [0.2, 0.25) is 0 Å². The molecule has 3 aromatic rings. The van der Waals surface area contributed by atoms with Crippen LogP contribution in [0.3, 0.4) is 0 Å². The Balaban J connectivity index is 1.14. The molecule has 0 unspecified atom stereocenters. The van der Waals surface area contributed by atoms with Crippen LogP contribution in [-0.4, -0.2) is 48.8 Å². The summed E-state index contributed by atoms with van der Waals surface area (Å²) in [7, 11) is 0. The molecule has 0 aromatic heterocycles. The Kier molecular flexibility index (Phi) is 9.55. The number of halogens is 3. The third-order valence-corrected chi connectivity index (χ3v) is 6.81. The van der Waals surface area contributed by atoms with Crippen LogP contribution >= 0.6 is 0 Å². The van der Waals surface area contributed by atoms with Gasteiger partial charge in [0, 0.05) is 29.9 Å². The average molecular weight is 553 g/mol. The molecule has 40 heavy (non-hydrogen) atoms. The third kappa shape index (κ3) is 8.41. The summed E-state index contributed by atoms with van der Waals surface area (Å²) < 4.78 is 38.5. The number of rotatable bonds is 9. The number of nitrogens with one attached hydrogen (secondary N) is 3. The largest absolute Gasteiger partial charge is 0.416 e. The van der Waals surface area contributed by atoms with Gasteiger partial charge in [0.25, 0.3) is 11.8 Å². The molecule has 0 atom stereocenters. The van der Waals surface area contributed by atoms with Gasteiger partial charge in [-0.25, -0.2) is 0 Å². The number of alkyl halides is 3. The molecule has 0 bridgehead atoms. The molecule has 0 radical (unpaired) electrons. The number of likely N-dealkylation sites (tertiary alicyclic amines) is 1. The lowest BCUT2D eigenvalue weighted by Crippen LogP contribution is -2.41. The summed E-state index contributed by atoms with van der Waals surface area (Å²) in [4.78, 5) is 39.1. The zero-order chi connectivity index (χ0) is 28.5. The molecular weight excluding hydrogens is 521 g/mol. The van der Waals surface area contributed by atoms with E-state index < -0.39 is 17.6 Å². The molecule has 1 saturated heterocycles. The summed E-state index contributed by atoms with van der Waals surface area (Å²) in [6.07, 6.45) is -2.75. The predicted octanol–water partition coefficient (Wildman–Crippen LogP) is 4.72. The SMILES string of the molecule is O=C(CNC(=O)c1cccc(C(F)(F)F)c1)NCC1CCN(Cc2ccc(C(=O)Nc3ccccc3)cc2)CC1. The minimum atomic E-state index is -4.55. The molecule has 0 spiro atoms. The van der Waals surface area contributed by atoms with Crippen molar-refractivity contribution in [2.24, 2.45) is 5.92 Å². The van der Waals surface area contributed by atoms with Gasteiger partial charge in [0.05, 0.1) is 12.1 Å². The van der Waals surface area contributed by atoms with Crippen molar-refractivity contribution in [3.63, 3.8) is 0 Å². The number of amides is 3. The van der Waals surface area contributed by atoms with E-state index in [1.165, 1.54) is 6.07 Å². The van der Waals surface area contributed by atoms with Gasteiger partial charge in [-0.05, 0) is 79.9 Å². The van der Waals surface area contributed by atoms with Crippen molar-refractivity contribution >= 4 is 23.4 Å². The minimum absolute atomic E-state index is 0.153. The van der Waals surface area contributed by atoms with Crippen molar-refractivity contribution in [2.45, 2.75) is 25.6 Å². The maximum absolute atomic E-state index is 12.8. The molecule has 4 rings (SSSR count). The maximum atomic E-state index is 12.8. The molecule has 3 amide bonds. The van der Waals surface area contributed by atoms with Crippen LogP contribution < -0.4 is 16.0 Å². The fraction of sp³-hybridized carbons (Fsp3) is 0.300. The van der Waals surface area contributed by atoms with Crippen molar-refractivity contribution < 1.29 is 27.6 Å². The van der Waals surface area contributed by atoms with Crippen LogP contribution in [0.5, 0.6) is 0 Å². The zero-order valence-electron chi connectivity index (χ0n) is 21.8. The number of benzene rings is 3. The monoisotopic (exact) mass is 552 g/mol. The van der Waals surface area contributed by atoms with E-state index in [9.17, 15) is 27.6 Å². The fourth-order valence-corrected chi connectivity index (χ4v) is 4.51. The van der Waals surface area contributed by atoms with E-state index in [2.05, 4.69) is 20.9 Å². The number of piperidine rings is 1. The second kappa shape index (κ2) is 13.3. The van der Waals surface area contributed by atoms with Gasteiger partial charge in [-0.2, -0.15) is 13.2 Å². The Morgan fingerprint density at radius 2 is 1.50 bits per heavy atom. The Labute approximate surface area is 230 Å². The van der Waals surface area contributed by atoms with Crippen LogP contribution in [0.4, 0.5) is 18.9 Å². The highest BCUT2D eigenvalue weighted by Gasteiger charge is 2.31. The van der Waals surface area contributed by atoms with Gasteiger partial charge in [-0.1, -0.05) is 36.4 Å². The molecular formula is C30H31F3N4O3. The summed E-state index contributed by atoms with van der Waals surface area (Å²) in [6, 6.07) is 20.9. The third-order valence-electron chi connectivity index (χ3n) is 6.81. The molecule has 1 aliphatic heterocycles. The summed E-state index contributed by atoms with van der Waals surface area (Å²) in [5.41, 5.74) is 1.38. The van der Waals surface area contributed by atoms with Gasteiger partial charge in [0.15, 0.2) is 0 Å². The highest BCUT2D eigenvalue weighted by Crippen LogP contribution is 2.29. The highest BCUT2D eigenvalue weighted by atomic mass is 19.4. The van der Waals surface area contributed by atoms with Crippen LogP contribution in [0, 0.1) is 5.92 Å². The van der Waals surface area contributed by atoms with Gasteiger partial charge < -0.3 is 16.0 Å².